The van der Waals surface area contributed by atoms with E-state index < -0.39 is 12.0 Å². The van der Waals surface area contributed by atoms with Crippen LogP contribution in [0.25, 0.3) is 15.9 Å². The maximum Gasteiger partial charge on any atom is 0.307 e. The summed E-state index contributed by atoms with van der Waals surface area (Å²) in [4.78, 5) is 29.5. The maximum absolute atomic E-state index is 13.9. The number of methoxy groups -OCH3 is 3. The van der Waals surface area contributed by atoms with Crippen molar-refractivity contribution in [2.45, 2.75) is 25.8 Å². The highest BCUT2D eigenvalue weighted by Crippen LogP contribution is 2.41. The Morgan fingerprint density at radius 2 is 1.78 bits per heavy atom. The number of carbonyl (C=O) groups is 2. The summed E-state index contributed by atoms with van der Waals surface area (Å²) < 4.78 is 17.8. The fourth-order valence-corrected chi connectivity index (χ4v) is 6.05. The van der Waals surface area contributed by atoms with E-state index in [0.717, 1.165) is 32.7 Å². The van der Waals surface area contributed by atoms with Gasteiger partial charge in [0.25, 0.3) is 5.91 Å². The number of carbonyl (C=O) groups excluding carboxylic acids is 2. The lowest BCUT2D eigenvalue weighted by molar-refractivity contribution is -0.141. The molecule has 3 heterocycles. The van der Waals surface area contributed by atoms with E-state index in [2.05, 4.69) is 5.10 Å². The SMILES string of the molecule is COC(=O)CC1c2cc(OC)c(OC)cc2CCN1C(=O)c1cc2c(C)nn(-c3ccc(Cl)cc3)c2s1. The van der Waals surface area contributed by atoms with Crippen LogP contribution in [0.1, 0.15) is 39.0 Å². The molecule has 8 nitrogen and oxygen atoms in total. The van der Waals surface area contributed by atoms with Crippen LogP contribution >= 0.6 is 22.9 Å². The molecule has 0 saturated carbocycles. The number of rotatable bonds is 6. The molecule has 1 atom stereocenters. The van der Waals surface area contributed by atoms with Crippen LogP contribution in [0.4, 0.5) is 0 Å². The Morgan fingerprint density at radius 1 is 1.08 bits per heavy atom. The predicted octanol–water partition coefficient (Wildman–Crippen LogP) is 5.37. The number of fused-ring (bicyclic) bond motifs is 2. The van der Waals surface area contributed by atoms with Gasteiger partial charge in [0.1, 0.15) is 4.83 Å². The molecular formula is C27H26ClN3O5S. The molecule has 4 aromatic rings. The minimum atomic E-state index is -0.498. The highest BCUT2D eigenvalue weighted by atomic mass is 35.5. The van der Waals surface area contributed by atoms with Gasteiger partial charge in [-0.3, -0.25) is 9.59 Å². The lowest BCUT2D eigenvalue weighted by Crippen LogP contribution is -2.41. The van der Waals surface area contributed by atoms with E-state index in [4.69, 9.17) is 25.8 Å². The molecule has 10 heteroatoms. The minimum Gasteiger partial charge on any atom is -0.493 e. The van der Waals surface area contributed by atoms with Gasteiger partial charge in [0.15, 0.2) is 11.5 Å². The third-order valence-electron chi connectivity index (χ3n) is 6.68. The molecule has 0 bridgehead atoms. The van der Waals surface area contributed by atoms with Crippen LogP contribution in [-0.4, -0.2) is 54.4 Å². The second kappa shape index (κ2) is 10.1. The average Bonchev–Trinajstić information content (AvgIpc) is 3.48. The number of amides is 1. The van der Waals surface area contributed by atoms with Gasteiger partial charge < -0.3 is 19.1 Å². The minimum absolute atomic E-state index is 0.0349. The summed E-state index contributed by atoms with van der Waals surface area (Å²) in [6, 6.07) is 12.6. The van der Waals surface area contributed by atoms with Gasteiger partial charge in [-0.25, -0.2) is 4.68 Å². The molecule has 0 saturated heterocycles. The van der Waals surface area contributed by atoms with E-state index in [1.54, 1.807) is 19.1 Å². The standard InChI is InChI=1S/C27H26ClN3O5S/c1-15-19-13-24(37-27(19)31(29-15)18-7-5-17(28)6-8-18)26(33)30-10-9-16-11-22(34-2)23(35-3)12-20(16)21(30)14-25(32)36-4/h5-8,11-13,21H,9-10,14H2,1-4H3. The Bertz CT molecular complexity index is 1490. The summed E-state index contributed by atoms with van der Waals surface area (Å²) in [5, 5.41) is 6.22. The Morgan fingerprint density at radius 3 is 2.46 bits per heavy atom. The van der Waals surface area contributed by atoms with E-state index in [1.165, 1.54) is 18.4 Å². The summed E-state index contributed by atoms with van der Waals surface area (Å²) in [7, 11) is 4.50. The number of nitrogens with zero attached hydrogens (tertiary/aromatic N) is 3. The number of esters is 1. The number of thiophene rings is 1. The van der Waals surface area contributed by atoms with Gasteiger partial charge in [-0.15, -0.1) is 11.3 Å². The van der Waals surface area contributed by atoms with E-state index in [9.17, 15) is 9.59 Å². The zero-order valence-corrected chi connectivity index (χ0v) is 22.5. The van der Waals surface area contributed by atoms with Crippen molar-refractivity contribution in [2.75, 3.05) is 27.9 Å². The third kappa shape index (κ3) is 4.53. The van der Waals surface area contributed by atoms with Gasteiger partial charge in [-0.2, -0.15) is 5.10 Å². The van der Waals surface area contributed by atoms with Crippen LogP contribution in [0.2, 0.25) is 5.02 Å². The quantitative estimate of drug-likeness (QED) is 0.306. The number of aromatic nitrogens is 2. The molecule has 1 amide bonds. The van der Waals surface area contributed by atoms with Gasteiger partial charge in [-0.1, -0.05) is 11.6 Å². The average molecular weight is 540 g/mol. The monoisotopic (exact) mass is 539 g/mol. The second-order valence-corrected chi connectivity index (χ2v) is 10.2. The largest absolute Gasteiger partial charge is 0.493 e. The molecule has 2 aromatic carbocycles. The van der Waals surface area contributed by atoms with Crippen molar-refractivity contribution in [3.63, 3.8) is 0 Å². The summed E-state index contributed by atoms with van der Waals surface area (Å²) in [6.45, 7) is 2.38. The van der Waals surface area contributed by atoms with Crippen molar-refractivity contribution in [1.29, 1.82) is 0 Å². The third-order valence-corrected chi connectivity index (χ3v) is 8.03. The zero-order chi connectivity index (χ0) is 26.3. The molecule has 1 aliphatic rings. The van der Waals surface area contributed by atoms with Gasteiger partial charge in [0.05, 0.1) is 50.1 Å². The molecule has 0 N–H and O–H groups in total. The van der Waals surface area contributed by atoms with E-state index >= 15 is 0 Å². The zero-order valence-electron chi connectivity index (χ0n) is 20.9. The van der Waals surface area contributed by atoms with E-state index in [0.29, 0.717) is 34.4 Å². The topological polar surface area (TPSA) is 82.9 Å². The highest BCUT2D eigenvalue weighted by molar-refractivity contribution is 7.20. The van der Waals surface area contributed by atoms with Gasteiger partial charge in [0.2, 0.25) is 0 Å². The van der Waals surface area contributed by atoms with Crippen LogP contribution in [0.15, 0.2) is 42.5 Å². The normalized spacial score (nSPS) is 14.9. The van der Waals surface area contributed by atoms with Crippen LogP contribution in [-0.2, 0) is 16.0 Å². The summed E-state index contributed by atoms with van der Waals surface area (Å²) in [6.07, 6.45) is 0.661. The molecular weight excluding hydrogens is 514 g/mol. The number of benzene rings is 2. The molecule has 0 radical (unpaired) electrons. The predicted molar refractivity (Wildman–Crippen MR) is 142 cm³/mol. The molecule has 192 valence electrons. The Hall–Kier alpha value is -3.56. The molecule has 2 aromatic heterocycles. The number of aryl methyl sites for hydroxylation is 1. The van der Waals surface area contributed by atoms with Crippen molar-refractivity contribution >= 4 is 45.0 Å². The fourth-order valence-electron chi connectivity index (χ4n) is 4.78. The van der Waals surface area contributed by atoms with E-state index in [-0.39, 0.29) is 12.3 Å². The first-order valence-electron chi connectivity index (χ1n) is 11.7. The molecule has 37 heavy (non-hydrogen) atoms. The van der Waals surface area contributed by atoms with Crippen molar-refractivity contribution in [2.24, 2.45) is 0 Å². The summed E-state index contributed by atoms with van der Waals surface area (Å²) >= 11 is 7.44. The van der Waals surface area contributed by atoms with Crippen molar-refractivity contribution in [3.8, 4) is 17.2 Å². The maximum atomic E-state index is 13.9. The lowest BCUT2D eigenvalue weighted by Gasteiger charge is -2.37. The first kappa shape index (κ1) is 25.1. The second-order valence-electron chi connectivity index (χ2n) is 8.75. The molecule has 1 aliphatic heterocycles. The van der Waals surface area contributed by atoms with Crippen LogP contribution in [0.3, 0.4) is 0 Å². The van der Waals surface area contributed by atoms with Crippen LogP contribution < -0.4 is 9.47 Å². The molecule has 0 spiro atoms. The Balaban J connectivity index is 1.55. The Labute approximate surface area is 223 Å². The van der Waals surface area contributed by atoms with Gasteiger partial charge >= 0.3 is 5.97 Å². The number of hydrogen-bond acceptors (Lipinski definition) is 7. The van der Waals surface area contributed by atoms with Crippen molar-refractivity contribution in [1.82, 2.24) is 14.7 Å². The number of ether oxygens (including phenoxy) is 3. The highest BCUT2D eigenvalue weighted by Gasteiger charge is 2.35. The number of halogens is 1. The van der Waals surface area contributed by atoms with Crippen LogP contribution in [0.5, 0.6) is 11.5 Å². The van der Waals surface area contributed by atoms with Crippen LogP contribution in [0, 0.1) is 6.92 Å². The van der Waals surface area contributed by atoms with Gasteiger partial charge in [0, 0.05) is 17.0 Å². The van der Waals surface area contributed by atoms with Gasteiger partial charge in [-0.05, 0) is 66.9 Å². The lowest BCUT2D eigenvalue weighted by atomic mass is 9.89. The van der Waals surface area contributed by atoms with Crippen molar-refractivity contribution < 1.29 is 23.8 Å². The first-order chi connectivity index (χ1) is 17.8. The number of hydrogen-bond donors (Lipinski definition) is 0. The Kier molecular flexibility index (Phi) is 6.83. The van der Waals surface area contributed by atoms with E-state index in [1.807, 2.05) is 54.1 Å². The summed E-state index contributed by atoms with van der Waals surface area (Å²) in [5.74, 6) is 0.629. The molecule has 0 fully saturated rings. The molecule has 5 rings (SSSR count). The molecule has 1 unspecified atom stereocenters. The molecule has 0 aliphatic carbocycles. The smallest absolute Gasteiger partial charge is 0.307 e. The first-order valence-corrected chi connectivity index (χ1v) is 12.9. The fraction of sp³-hybridized carbons (Fsp3) is 0.296. The van der Waals surface area contributed by atoms with Crippen molar-refractivity contribution in [3.05, 3.63) is 69.2 Å². The summed E-state index contributed by atoms with van der Waals surface area (Å²) in [5.41, 5.74) is 3.56.